The zero-order chi connectivity index (χ0) is 28.8. The fourth-order valence-electron chi connectivity index (χ4n) is 4.85. The number of hydrogen-bond acceptors (Lipinski definition) is 6. The molecule has 0 saturated heterocycles. The number of thiophene rings is 1. The molecule has 208 valence electrons. The zero-order valence-corrected chi connectivity index (χ0v) is 25.2. The van der Waals surface area contributed by atoms with E-state index in [1.54, 1.807) is 18.4 Å². The Labute approximate surface area is 254 Å². The molecule has 2 atom stereocenters. The van der Waals surface area contributed by atoms with E-state index in [0.29, 0.717) is 27.3 Å². The van der Waals surface area contributed by atoms with Crippen molar-refractivity contribution in [3.05, 3.63) is 100 Å². The molecular weight excluding hydrogens is 569 g/mol. The number of fused-ring (bicyclic) bond motifs is 1. The van der Waals surface area contributed by atoms with E-state index in [0.717, 1.165) is 46.7 Å². The van der Waals surface area contributed by atoms with Crippen LogP contribution in [-0.2, 0) is 17.6 Å². The third-order valence-corrected chi connectivity index (χ3v) is 9.52. The number of ether oxygens (including phenoxy) is 1. The molecule has 2 unspecified atom stereocenters. The van der Waals surface area contributed by atoms with Crippen molar-refractivity contribution in [2.24, 2.45) is 5.92 Å². The van der Waals surface area contributed by atoms with E-state index >= 15 is 0 Å². The van der Waals surface area contributed by atoms with Gasteiger partial charge < -0.3 is 20.7 Å². The Bertz CT molecular complexity index is 1600. The maximum Gasteiger partial charge on any atom is 0.243 e. The Morgan fingerprint density at radius 1 is 1.07 bits per heavy atom. The number of anilines is 3. The zero-order valence-electron chi connectivity index (χ0n) is 22.8. The number of nitriles is 1. The molecule has 1 aliphatic rings. The molecule has 1 heterocycles. The summed E-state index contributed by atoms with van der Waals surface area (Å²) in [7, 11) is 1.62. The topological polar surface area (TPSA) is 86.2 Å². The van der Waals surface area contributed by atoms with Crippen molar-refractivity contribution in [2.45, 2.75) is 36.3 Å². The Balaban J connectivity index is 1.34. The molecule has 0 fully saturated rings. The summed E-state index contributed by atoms with van der Waals surface area (Å²) in [6.45, 7) is 2.24. The highest BCUT2D eigenvalue weighted by atomic mass is 32.2. The normalized spacial score (nSPS) is 14.7. The molecule has 6 nitrogen and oxygen atoms in total. The number of methoxy groups -OCH3 is 1. The number of nitrogens with zero attached hydrogens (tertiary/aromatic N) is 1. The van der Waals surface area contributed by atoms with E-state index in [9.17, 15) is 10.1 Å². The summed E-state index contributed by atoms with van der Waals surface area (Å²) in [6, 6.07) is 27.4. The Hall–Kier alpha value is -3.84. The third kappa shape index (κ3) is 6.91. The van der Waals surface area contributed by atoms with E-state index in [1.165, 1.54) is 16.6 Å². The second-order valence-electron chi connectivity index (χ2n) is 9.87. The summed E-state index contributed by atoms with van der Waals surface area (Å²) in [5, 5.41) is 20.0. The standard InChI is InChI=1S/C32H30N4O2S3/c1-20-15-16-24-25(19-33)31(41-28(24)17-20)36-30(37)29(21-9-4-3-5-10-21)40-23-12-8-11-22(18-23)34-32(39)35-26-13-6-7-14-27(26)38-2/h3-14,18,20,29H,15-17H2,1-2H3,(H,36,37)(H2,34,35,39). The molecule has 0 radical (unpaired) electrons. The van der Waals surface area contributed by atoms with Gasteiger partial charge in [-0.05, 0) is 78.9 Å². The van der Waals surface area contributed by atoms with Crippen LogP contribution in [0.4, 0.5) is 16.4 Å². The first kappa shape index (κ1) is 28.7. The maximum absolute atomic E-state index is 13.8. The molecule has 0 spiro atoms. The number of rotatable bonds is 8. The van der Waals surface area contributed by atoms with Crippen LogP contribution in [0.5, 0.6) is 5.75 Å². The van der Waals surface area contributed by atoms with Crippen molar-refractivity contribution in [3.63, 3.8) is 0 Å². The van der Waals surface area contributed by atoms with E-state index in [-0.39, 0.29) is 5.91 Å². The van der Waals surface area contributed by atoms with Crippen molar-refractivity contribution in [1.82, 2.24) is 0 Å². The van der Waals surface area contributed by atoms with Gasteiger partial charge in [0.25, 0.3) is 0 Å². The van der Waals surface area contributed by atoms with Gasteiger partial charge in [-0.15, -0.1) is 23.1 Å². The first-order valence-corrected chi connectivity index (χ1v) is 15.4. The molecule has 3 N–H and O–H groups in total. The van der Waals surface area contributed by atoms with Gasteiger partial charge in [0, 0.05) is 15.5 Å². The monoisotopic (exact) mass is 598 g/mol. The smallest absolute Gasteiger partial charge is 0.243 e. The van der Waals surface area contributed by atoms with Crippen molar-refractivity contribution in [1.29, 1.82) is 5.26 Å². The van der Waals surface area contributed by atoms with Gasteiger partial charge >= 0.3 is 0 Å². The minimum absolute atomic E-state index is 0.156. The molecule has 41 heavy (non-hydrogen) atoms. The van der Waals surface area contributed by atoms with Gasteiger partial charge in [0.05, 0.1) is 18.4 Å². The summed E-state index contributed by atoms with van der Waals surface area (Å²) in [5.74, 6) is 1.12. The van der Waals surface area contributed by atoms with Crippen molar-refractivity contribution in [2.75, 3.05) is 23.1 Å². The number of benzene rings is 3. The lowest BCUT2D eigenvalue weighted by Crippen LogP contribution is -2.20. The summed E-state index contributed by atoms with van der Waals surface area (Å²) in [4.78, 5) is 15.9. The fourth-order valence-corrected chi connectivity index (χ4v) is 7.53. The van der Waals surface area contributed by atoms with Crippen LogP contribution in [0, 0.1) is 17.2 Å². The summed E-state index contributed by atoms with van der Waals surface area (Å²) in [6.07, 6.45) is 2.90. The molecule has 9 heteroatoms. The highest BCUT2D eigenvalue weighted by Gasteiger charge is 2.28. The number of thioether (sulfide) groups is 1. The highest BCUT2D eigenvalue weighted by Crippen LogP contribution is 2.42. The van der Waals surface area contributed by atoms with Crippen LogP contribution >= 0.6 is 35.3 Å². The van der Waals surface area contributed by atoms with Crippen LogP contribution in [-0.4, -0.2) is 18.1 Å². The Morgan fingerprint density at radius 3 is 2.63 bits per heavy atom. The second kappa shape index (κ2) is 13.2. The summed E-state index contributed by atoms with van der Waals surface area (Å²) >= 11 is 8.54. The average Bonchev–Trinajstić information content (AvgIpc) is 3.32. The second-order valence-corrected chi connectivity index (χ2v) is 12.6. The van der Waals surface area contributed by atoms with Crippen molar-refractivity contribution < 1.29 is 9.53 Å². The van der Waals surface area contributed by atoms with Gasteiger partial charge in [0.15, 0.2) is 5.11 Å². The van der Waals surface area contributed by atoms with Gasteiger partial charge in [-0.25, -0.2) is 0 Å². The Morgan fingerprint density at radius 2 is 1.85 bits per heavy atom. The van der Waals surface area contributed by atoms with Gasteiger partial charge in [-0.1, -0.05) is 55.5 Å². The van der Waals surface area contributed by atoms with Gasteiger partial charge in [0.1, 0.15) is 22.1 Å². The van der Waals surface area contributed by atoms with Crippen LogP contribution in [0.2, 0.25) is 0 Å². The number of carbonyl (C=O) groups is 1. The van der Waals surface area contributed by atoms with Crippen LogP contribution in [0.1, 0.15) is 40.2 Å². The summed E-state index contributed by atoms with van der Waals surface area (Å²) < 4.78 is 5.40. The molecule has 3 aromatic carbocycles. The Kier molecular flexibility index (Phi) is 9.24. The molecular formula is C32H30N4O2S3. The van der Waals surface area contributed by atoms with Crippen LogP contribution in [0.3, 0.4) is 0 Å². The first-order valence-electron chi connectivity index (χ1n) is 13.3. The minimum Gasteiger partial charge on any atom is -0.495 e. The molecule has 1 aliphatic carbocycles. The molecule has 0 saturated carbocycles. The number of thiocarbonyl (C=S) groups is 1. The molecule has 1 amide bonds. The quantitative estimate of drug-likeness (QED) is 0.140. The van der Waals surface area contributed by atoms with E-state index in [1.807, 2.05) is 78.9 Å². The minimum atomic E-state index is -0.519. The average molecular weight is 599 g/mol. The predicted molar refractivity (Wildman–Crippen MR) is 173 cm³/mol. The van der Waals surface area contributed by atoms with Gasteiger partial charge in [-0.3, -0.25) is 4.79 Å². The fraction of sp³-hybridized carbons (Fsp3) is 0.219. The lowest BCUT2D eigenvalue weighted by Gasteiger charge is -2.18. The highest BCUT2D eigenvalue weighted by molar-refractivity contribution is 8.00. The van der Waals surface area contributed by atoms with Crippen LogP contribution in [0.15, 0.2) is 83.8 Å². The maximum atomic E-state index is 13.8. The lowest BCUT2D eigenvalue weighted by atomic mass is 9.88. The predicted octanol–water partition coefficient (Wildman–Crippen LogP) is 8.03. The van der Waals surface area contributed by atoms with E-state index < -0.39 is 5.25 Å². The molecule has 1 aromatic heterocycles. The molecule has 0 aliphatic heterocycles. The van der Waals surface area contributed by atoms with Gasteiger partial charge in [-0.2, -0.15) is 5.26 Å². The number of carbonyl (C=O) groups excluding carboxylic acids is 1. The third-order valence-electron chi connectivity index (χ3n) is 6.90. The lowest BCUT2D eigenvalue weighted by molar-refractivity contribution is -0.115. The van der Waals surface area contributed by atoms with Gasteiger partial charge in [0.2, 0.25) is 5.91 Å². The first-order chi connectivity index (χ1) is 19.9. The number of para-hydroxylation sites is 2. The van der Waals surface area contributed by atoms with Crippen LogP contribution in [0.25, 0.3) is 0 Å². The van der Waals surface area contributed by atoms with E-state index in [2.05, 4.69) is 28.9 Å². The SMILES string of the molecule is COc1ccccc1NC(=S)Nc1cccc(SC(C(=O)Nc2sc3c(c2C#N)CCC(C)C3)c2ccccc2)c1. The number of hydrogen-bond donors (Lipinski definition) is 3. The van der Waals surface area contributed by atoms with Crippen LogP contribution < -0.4 is 20.7 Å². The molecule has 5 rings (SSSR count). The largest absolute Gasteiger partial charge is 0.495 e. The molecule has 0 bridgehead atoms. The summed E-state index contributed by atoms with van der Waals surface area (Å²) in [5.41, 5.74) is 4.16. The number of nitrogens with one attached hydrogen (secondary N) is 3. The number of amides is 1. The molecule has 4 aromatic rings. The van der Waals surface area contributed by atoms with Crippen molar-refractivity contribution >= 4 is 62.7 Å². The van der Waals surface area contributed by atoms with Crippen molar-refractivity contribution in [3.8, 4) is 11.8 Å². The van der Waals surface area contributed by atoms with E-state index in [4.69, 9.17) is 17.0 Å².